The number of nitrogens with zero attached hydrogens (tertiary/aromatic N) is 2. The summed E-state index contributed by atoms with van der Waals surface area (Å²) in [5, 5.41) is 0. The van der Waals surface area contributed by atoms with Gasteiger partial charge in [-0.1, -0.05) is 0 Å². The second-order valence-corrected chi connectivity index (χ2v) is 6.38. The van der Waals surface area contributed by atoms with Crippen molar-refractivity contribution in [2.24, 2.45) is 17.8 Å². The maximum Gasteiger partial charge on any atom is 0.225 e. The van der Waals surface area contributed by atoms with Gasteiger partial charge in [0.1, 0.15) is 0 Å². The molecule has 2 unspecified atom stereocenters. The highest BCUT2D eigenvalue weighted by atomic mass is 16.2. The van der Waals surface area contributed by atoms with Crippen LogP contribution in [0.5, 0.6) is 0 Å². The van der Waals surface area contributed by atoms with E-state index < -0.39 is 0 Å². The summed E-state index contributed by atoms with van der Waals surface area (Å²) in [5.41, 5.74) is 0. The third kappa shape index (κ3) is 2.22. The molecular weight excluding hydrogens is 212 g/mol. The van der Waals surface area contributed by atoms with Crippen LogP contribution in [0, 0.1) is 17.8 Å². The Morgan fingerprint density at radius 3 is 2.12 bits per heavy atom. The number of piperazine rings is 1. The van der Waals surface area contributed by atoms with E-state index in [9.17, 15) is 4.79 Å². The predicted octanol–water partition coefficient (Wildman–Crippen LogP) is 1.59. The fraction of sp³-hybridized carbons (Fsp3) is 0.929. The maximum atomic E-state index is 12.4. The van der Waals surface area contributed by atoms with Crippen LogP contribution in [0.2, 0.25) is 0 Å². The lowest BCUT2D eigenvalue weighted by atomic mass is 10.0. The molecule has 3 aliphatic rings. The van der Waals surface area contributed by atoms with Crippen molar-refractivity contribution in [3.63, 3.8) is 0 Å². The van der Waals surface area contributed by atoms with Crippen molar-refractivity contribution in [2.45, 2.75) is 39.2 Å². The zero-order chi connectivity index (χ0) is 12.0. The Morgan fingerprint density at radius 2 is 1.59 bits per heavy atom. The van der Waals surface area contributed by atoms with Gasteiger partial charge in [0.15, 0.2) is 0 Å². The molecule has 3 heteroatoms. The number of hydrogen-bond donors (Lipinski definition) is 0. The molecule has 0 aromatic heterocycles. The third-order valence-corrected chi connectivity index (χ3v) is 4.95. The van der Waals surface area contributed by atoms with Crippen LogP contribution in [0.15, 0.2) is 0 Å². The number of carbonyl (C=O) groups is 1. The van der Waals surface area contributed by atoms with Crippen molar-refractivity contribution in [3.05, 3.63) is 0 Å². The Morgan fingerprint density at radius 1 is 1.00 bits per heavy atom. The maximum absolute atomic E-state index is 12.4. The molecule has 2 saturated carbocycles. The fourth-order valence-corrected chi connectivity index (χ4v) is 3.63. The van der Waals surface area contributed by atoms with Gasteiger partial charge in [0.2, 0.25) is 5.91 Å². The van der Waals surface area contributed by atoms with Crippen molar-refractivity contribution in [2.75, 3.05) is 26.2 Å². The van der Waals surface area contributed by atoms with Crippen molar-refractivity contribution in [1.29, 1.82) is 0 Å². The summed E-state index contributed by atoms with van der Waals surface area (Å²) in [6.45, 7) is 8.49. The van der Waals surface area contributed by atoms with Gasteiger partial charge in [-0.2, -0.15) is 0 Å². The van der Waals surface area contributed by atoms with E-state index in [0.29, 0.717) is 17.9 Å². The minimum atomic E-state index is 0.379. The summed E-state index contributed by atoms with van der Waals surface area (Å²) in [5.74, 6) is 2.67. The van der Waals surface area contributed by atoms with Gasteiger partial charge >= 0.3 is 0 Å². The lowest BCUT2D eigenvalue weighted by Crippen LogP contribution is -2.51. The highest BCUT2D eigenvalue weighted by molar-refractivity contribution is 5.79. The SMILES string of the molecule is CC(C)N1CCN(C(=O)C2CC3CC3C2)CC1. The van der Waals surface area contributed by atoms with Crippen molar-refractivity contribution >= 4 is 5.91 Å². The van der Waals surface area contributed by atoms with E-state index in [0.717, 1.165) is 38.0 Å². The second-order valence-electron chi connectivity index (χ2n) is 6.38. The summed E-state index contributed by atoms with van der Waals surface area (Å²) in [4.78, 5) is 16.9. The van der Waals surface area contributed by atoms with Gasteiger partial charge in [0.25, 0.3) is 0 Å². The summed E-state index contributed by atoms with van der Waals surface area (Å²) >= 11 is 0. The van der Waals surface area contributed by atoms with E-state index in [1.165, 1.54) is 19.3 Å². The minimum absolute atomic E-state index is 0.379. The third-order valence-electron chi connectivity index (χ3n) is 4.95. The lowest BCUT2D eigenvalue weighted by molar-refractivity contribution is -0.137. The Hall–Kier alpha value is -0.570. The van der Waals surface area contributed by atoms with E-state index in [2.05, 4.69) is 23.6 Å². The molecule has 0 aromatic rings. The first-order chi connectivity index (χ1) is 8.15. The van der Waals surface area contributed by atoms with E-state index in [1.807, 2.05) is 0 Å². The van der Waals surface area contributed by atoms with Gasteiger partial charge in [-0.3, -0.25) is 9.69 Å². The molecule has 0 radical (unpaired) electrons. The first-order valence-electron chi connectivity index (χ1n) is 7.18. The second kappa shape index (κ2) is 4.27. The fourth-order valence-electron chi connectivity index (χ4n) is 3.63. The van der Waals surface area contributed by atoms with Gasteiger partial charge in [-0.05, 0) is 44.9 Å². The predicted molar refractivity (Wildman–Crippen MR) is 67.6 cm³/mol. The number of hydrogen-bond acceptors (Lipinski definition) is 2. The minimum Gasteiger partial charge on any atom is -0.340 e. The zero-order valence-electron chi connectivity index (χ0n) is 11.1. The molecule has 2 atom stereocenters. The highest BCUT2D eigenvalue weighted by Gasteiger charge is 2.48. The normalized spacial score (nSPS) is 37.4. The number of rotatable bonds is 2. The summed E-state index contributed by atoms with van der Waals surface area (Å²) in [6.07, 6.45) is 3.78. The molecule has 1 aliphatic heterocycles. The smallest absolute Gasteiger partial charge is 0.225 e. The van der Waals surface area contributed by atoms with Crippen LogP contribution in [0.1, 0.15) is 33.1 Å². The van der Waals surface area contributed by atoms with Crippen LogP contribution in [-0.2, 0) is 4.79 Å². The largest absolute Gasteiger partial charge is 0.340 e. The van der Waals surface area contributed by atoms with Gasteiger partial charge in [0.05, 0.1) is 0 Å². The van der Waals surface area contributed by atoms with Crippen molar-refractivity contribution in [1.82, 2.24) is 9.80 Å². The topological polar surface area (TPSA) is 23.6 Å². The number of fused-ring (bicyclic) bond motifs is 1. The number of carbonyl (C=O) groups excluding carboxylic acids is 1. The molecule has 96 valence electrons. The first-order valence-corrected chi connectivity index (χ1v) is 7.18. The standard InChI is InChI=1S/C14H24N2O/c1-10(2)15-3-5-16(6-4-15)14(17)13-8-11-7-12(11)9-13/h10-13H,3-9H2,1-2H3. The Balaban J connectivity index is 1.50. The van der Waals surface area contributed by atoms with Gasteiger partial charge in [-0.25, -0.2) is 0 Å². The van der Waals surface area contributed by atoms with E-state index in [1.54, 1.807) is 0 Å². The summed E-state index contributed by atoms with van der Waals surface area (Å²) in [7, 11) is 0. The van der Waals surface area contributed by atoms with Gasteiger partial charge < -0.3 is 4.90 Å². The first kappa shape index (κ1) is 11.5. The van der Waals surface area contributed by atoms with Crippen LogP contribution in [0.25, 0.3) is 0 Å². The molecule has 2 aliphatic carbocycles. The molecule has 0 N–H and O–H groups in total. The molecule has 3 fully saturated rings. The van der Waals surface area contributed by atoms with E-state index in [-0.39, 0.29) is 0 Å². The highest BCUT2D eigenvalue weighted by Crippen LogP contribution is 2.54. The van der Waals surface area contributed by atoms with Crippen LogP contribution in [-0.4, -0.2) is 47.9 Å². The van der Waals surface area contributed by atoms with E-state index >= 15 is 0 Å². The van der Waals surface area contributed by atoms with Crippen LogP contribution < -0.4 is 0 Å². The Labute approximate surface area is 104 Å². The van der Waals surface area contributed by atoms with Crippen molar-refractivity contribution in [3.8, 4) is 0 Å². The van der Waals surface area contributed by atoms with Crippen LogP contribution >= 0.6 is 0 Å². The van der Waals surface area contributed by atoms with Gasteiger partial charge in [-0.15, -0.1) is 0 Å². The molecule has 1 saturated heterocycles. The van der Waals surface area contributed by atoms with E-state index in [4.69, 9.17) is 0 Å². The molecule has 1 heterocycles. The molecule has 0 bridgehead atoms. The molecule has 0 spiro atoms. The zero-order valence-corrected chi connectivity index (χ0v) is 11.1. The molecule has 0 aromatic carbocycles. The average molecular weight is 236 g/mol. The Kier molecular flexibility index (Phi) is 2.89. The molecule has 3 rings (SSSR count). The molecule has 3 nitrogen and oxygen atoms in total. The van der Waals surface area contributed by atoms with Gasteiger partial charge in [0, 0.05) is 38.1 Å². The number of amides is 1. The van der Waals surface area contributed by atoms with Crippen LogP contribution in [0.4, 0.5) is 0 Å². The summed E-state index contributed by atoms with van der Waals surface area (Å²) < 4.78 is 0. The molecule has 1 amide bonds. The van der Waals surface area contributed by atoms with Crippen molar-refractivity contribution < 1.29 is 4.79 Å². The Bertz CT molecular complexity index is 297. The quantitative estimate of drug-likeness (QED) is 0.727. The van der Waals surface area contributed by atoms with Crippen LogP contribution in [0.3, 0.4) is 0 Å². The monoisotopic (exact) mass is 236 g/mol. The summed E-state index contributed by atoms with van der Waals surface area (Å²) in [6, 6.07) is 0.617. The molecule has 17 heavy (non-hydrogen) atoms. The lowest BCUT2D eigenvalue weighted by Gasteiger charge is -2.38. The molecular formula is C14H24N2O. The average Bonchev–Trinajstić information content (AvgIpc) is 2.95.